The first-order valence-electron chi connectivity index (χ1n) is 14.3. The van der Waals surface area contributed by atoms with Crippen molar-refractivity contribution < 1.29 is 4.79 Å². The normalized spacial score (nSPS) is 42.1. The SMILES string of the molecule is CC.CC1CCC2C3CCC4(C)C(C(=O)Cn5cc(C(C)C)cn5)CCC4C3CCC2(C)C1. The summed E-state index contributed by atoms with van der Waals surface area (Å²) in [4.78, 5) is 13.5. The molecule has 4 saturated carbocycles. The average molecular weight is 455 g/mol. The molecule has 33 heavy (non-hydrogen) atoms. The van der Waals surface area contributed by atoms with E-state index in [2.05, 4.69) is 45.9 Å². The summed E-state index contributed by atoms with van der Waals surface area (Å²) in [5.41, 5.74) is 2.05. The van der Waals surface area contributed by atoms with Gasteiger partial charge >= 0.3 is 0 Å². The predicted molar refractivity (Wildman–Crippen MR) is 137 cm³/mol. The second-order valence-corrected chi connectivity index (χ2v) is 12.9. The maximum atomic E-state index is 13.5. The summed E-state index contributed by atoms with van der Waals surface area (Å²) in [6, 6.07) is 0. The number of ketones is 1. The van der Waals surface area contributed by atoms with E-state index in [-0.39, 0.29) is 11.3 Å². The molecule has 1 aromatic rings. The van der Waals surface area contributed by atoms with Gasteiger partial charge in [-0.3, -0.25) is 9.48 Å². The lowest BCUT2D eigenvalue weighted by atomic mass is 9.45. The molecule has 0 bridgehead atoms. The molecule has 1 aromatic heterocycles. The largest absolute Gasteiger partial charge is 0.297 e. The molecule has 5 rings (SSSR count). The average Bonchev–Trinajstić information content (AvgIpc) is 3.38. The summed E-state index contributed by atoms with van der Waals surface area (Å²) in [5.74, 6) is 5.58. The maximum Gasteiger partial charge on any atom is 0.157 e. The fourth-order valence-electron chi connectivity index (χ4n) is 9.17. The Labute approximate surface area is 203 Å². The molecule has 4 aliphatic rings. The topological polar surface area (TPSA) is 34.9 Å². The Balaban J connectivity index is 0.00000126. The summed E-state index contributed by atoms with van der Waals surface area (Å²) < 4.78 is 1.90. The highest BCUT2D eigenvalue weighted by Crippen LogP contribution is 2.66. The molecule has 0 radical (unpaired) electrons. The van der Waals surface area contributed by atoms with E-state index in [1.807, 2.05) is 24.7 Å². The summed E-state index contributed by atoms with van der Waals surface area (Å²) in [6.45, 7) is 16.4. The van der Waals surface area contributed by atoms with Gasteiger partial charge in [-0.25, -0.2) is 0 Å². The zero-order valence-electron chi connectivity index (χ0n) is 22.6. The van der Waals surface area contributed by atoms with Crippen LogP contribution in [0.4, 0.5) is 0 Å². The van der Waals surface area contributed by atoms with Crippen molar-refractivity contribution in [3.8, 4) is 0 Å². The number of nitrogens with zero attached hydrogens (tertiary/aromatic N) is 2. The minimum Gasteiger partial charge on any atom is -0.297 e. The van der Waals surface area contributed by atoms with Gasteiger partial charge in [-0.1, -0.05) is 54.9 Å². The number of hydrogen-bond donors (Lipinski definition) is 0. The van der Waals surface area contributed by atoms with E-state index in [1.165, 1.54) is 56.9 Å². The van der Waals surface area contributed by atoms with Gasteiger partial charge in [-0.15, -0.1) is 0 Å². The second-order valence-electron chi connectivity index (χ2n) is 12.9. The number of carbonyl (C=O) groups is 1. The lowest BCUT2D eigenvalue weighted by Crippen LogP contribution is -2.52. The van der Waals surface area contributed by atoms with Crippen LogP contribution in [-0.2, 0) is 11.3 Å². The zero-order chi connectivity index (χ0) is 24.0. The molecule has 3 nitrogen and oxygen atoms in total. The first kappa shape index (κ1) is 25.0. The third-order valence-corrected chi connectivity index (χ3v) is 10.8. The molecular weight excluding hydrogens is 404 g/mol. The zero-order valence-corrected chi connectivity index (χ0v) is 22.6. The van der Waals surface area contributed by atoms with Gasteiger partial charge in [0.25, 0.3) is 0 Å². The Kier molecular flexibility index (Phi) is 7.19. The van der Waals surface area contributed by atoms with Crippen molar-refractivity contribution in [2.45, 2.75) is 119 Å². The lowest BCUT2D eigenvalue weighted by Gasteiger charge is -2.59. The molecule has 0 amide bonds. The van der Waals surface area contributed by atoms with E-state index in [0.717, 1.165) is 36.0 Å². The van der Waals surface area contributed by atoms with Gasteiger partial charge in [0, 0.05) is 12.1 Å². The third-order valence-electron chi connectivity index (χ3n) is 10.8. The Bertz CT molecular complexity index is 827. The summed E-state index contributed by atoms with van der Waals surface area (Å²) in [7, 11) is 0. The minimum absolute atomic E-state index is 0.224. The molecule has 3 heteroatoms. The Morgan fingerprint density at radius 3 is 2.39 bits per heavy atom. The lowest BCUT2D eigenvalue weighted by molar-refractivity contribution is -0.134. The summed E-state index contributed by atoms with van der Waals surface area (Å²) in [6.07, 6.45) is 16.3. The number of carbonyl (C=O) groups excluding carboxylic acids is 1. The van der Waals surface area contributed by atoms with Crippen LogP contribution in [0.5, 0.6) is 0 Å². The van der Waals surface area contributed by atoms with E-state index >= 15 is 0 Å². The van der Waals surface area contributed by atoms with Gasteiger partial charge in [0.2, 0.25) is 0 Å². The Morgan fingerprint density at radius 1 is 1.03 bits per heavy atom. The molecule has 8 unspecified atom stereocenters. The summed E-state index contributed by atoms with van der Waals surface area (Å²) >= 11 is 0. The van der Waals surface area contributed by atoms with Gasteiger partial charge in [0.15, 0.2) is 5.78 Å². The molecule has 0 aromatic carbocycles. The standard InChI is InChI=1S/C28H44N2O.C2H6/c1-18(2)20-15-29-30(16-20)17-26(31)25-9-8-24-22-10-12-27(4)14-19(3)6-7-23(27)21(22)11-13-28(24,25)5;1-2/h15-16,18-19,21-25H,6-14,17H2,1-5H3;1-2H3. The number of Topliss-reactive ketones (excluding diaryl/α,β-unsaturated/α-hetero) is 1. The maximum absolute atomic E-state index is 13.5. The second kappa shape index (κ2) is 9.50. The van der Waals surface area contributed by atoms with Crippen LogP contribution in [-0.4, -0.2) is 15.6 Å². The van der Waals surface area contributed by atoms with Gasteiger partial charge in [0.05, 0.1) is 12.7 Å². The highest BCUT2D eigenvalue weighted by Gasteiger charge is 2.59. The van der Waals surface area contributed by atoms with Crippen LogP contribution in [0.1, 0.15) is 118 Å². The monoisotopic (exact) mass is 454 g/mol. The molecule has 0 saturated heterocycles. The number of fused-ring (bicyclic) bond motifs is 5. The third kappa shape index (κ3) is 4.36. The predicted octanol–water partition coefficient (Wildman–Crippen LogP) is 7.90. The highest BCUT2D eigenvalue weighted by molar-refractivity contribution is 5.82. The van der Waals surface area contributed by atoms with Gasteiger partial charge < -0.3 is 0 Å². The molecule has 4 fully saturated rings. The van der Waals surface area contributed by atoms with Crippen molar-refractivity contribution in [2.24, 2.45) is 46.3 Å². The van der Waals surface area contributed by atoms with E-state index in [9.17, 15) is 4.79 Å². The van der Waals surface area contributed by atoms with E-state index < -0.39 is 0 Å². The van der Waals surface area contributed by atoms with Crippen LogP contribution in [0.25, 0.3) is 0 Å². The molecule has 1 heterocycles. The first-order chi connectivity index (χ1) is 15.7. The highest BCUT2D eigenvalue weighted by atomic mass is 16.1. The molecule has 8 atom stereocenters. The van der Waals surface area contributed by atoms with Crippen molar-refractivity contribution in [3.63, 3.8) is 0 Å². The van der Waals surface area contributed by atoms with Crippen LogP contribution in [0, 0.1) is 46.3 Å². The van der Waals surface area contributed by atoms with Gasteiger partial charge in [-0.05, 0) is 103 Å². The van der Waals surface area contributed by atoms with Crippen LogP contribution >= 0.6 is 0 Å². The van der Waals surface area contributed by atoms with Crippen molar-refractivity contribution in [1.29, 1.82) is 0 Å². The van der Waals surface area contributed by atoms with Crippen LogP contribution in [0.15, 0.2) is 12.4 Å². The van der Waals surface area contributed by atoms with E-state index in [4.69, 9.17) is 0 Å². The van der Waals surface area contributed by atoms with Crippen molar-refractivity contribution >= 4 is 5.78 Å². The molecule has 186 valence electrons. The number of aromatic nitrogens is 2. The molecule has 0 spiro atoms. The quantitative estimate of drug-likeness (QED) is 0.463. The van der Waals surface area contributed by atoms with Crippen molar-refractivity contribution in [3.05, 3.63) is 18.0 Å². The molecular formula is C30H50N2O. The minimum atomic E-state index is 0.224. The number of rotatable bonds is 4. The fourth-order valence-corrected chi connectivity index (χ4v) is 9.17. The van der Waals surface area contributed by atoms with E-state index in [0.29, 0.717) is 23.7 Å². The van der Waals surface area contributed by atoms with Gasteiger partial charge in [-0.2, -0.15) is 5.10 Å². The molecule has 4 aliphatic carbocycles. The van der Waals surface area contributed by atoms with Crippen LogP contribution < -0.4 is 0 Å². The smallest absolute Gasteiger partial charge is 0.157 e. The Morgan fingerprint density at radius 2 is 1.70 bits per heavy atom. The molecule has 0 aliphatic heterocycles. The van der Waals surface area contributed by atoms with Gasteiger partial charge in [0.1, 0.15) is 0 Å². The Hall–Kier alpha value is -1.12. The van der Waals surface area contributed by atoms with Crippen LogP contribution in [0.3, 0.4) is 0 Å². The summed E-state index contributed by atoms with van der Waals surface area (Å²) in [5, 5.41) is 4.50. The molecule has 0 N–H and O–H groups in total. The fraction of sp³-hybridized carbons (Fsp3) is 0.867. The van der Waals surface area contributed by atoms with Crippen molar-refractivity contribution in [1.82, 2.24) is 9.78 Å². The first-order valence-corrected chi connectivity index (χ1v) is 14.3. The van der Waals surface area contributed by atoms with E-state index in [1.54, 1.807) is 0 Å². The van der Waals surface area contributed by atoms with Crippen molar-refractivity contribution in [2.75, 3.05) is 0 Å². The number of hydrogen-bond acceptors (Lipinski definition) is 2. The van der Waals surface area contributed by atoms with Crippen LogP contribution in [0.2, 0.25) is 0 Å².